The number of pyridine rings is 1. The molecule has 1 aliphatic heterocycles. The third-order valence-corrected chi connectivity index (χ3v) is 5.54. The molecular formula is C17H21ClF3N3O2. The molecule has 5 nitrogen and oxygen atoms in total. The monoisotopic (exact) mass is 391 g/mol. The van der Waals surface area contributed by atoms with E-state index in [1.165, 1.54) is 6.92 Å². The molecule has 1 aromatic heterocycles. The first kappa shape index (κ1) is 19.2. The molecule has 1 saturated heterocycles. The molecule has 1 N–H and O–H groups in total. The summed E-state index contributed by atoms with van der Waals surface area (Å²) in [5.41, 5.74) is -0.854. The first-order chi connectivity index (χ1) is 12.2. The van der Waals surface area contributed by atoms with Crippen LogP contribution in [0.25, 0.3) is 0 Å². The zero-order chi connectivity index (χ0) is 19.1. The van der Waals surface area contributed by atoms with Gasteiger partial charge < -0.3 is 15.0 Å². The van der Waals surface area contributed by atoms with Gasteiger partial charge in [-0.1, -0.05) is 11.6 Å². The van der Waals surface area contributed by atoms with Crippen molar-refractivity contribution in [3.63, 3.8) is 0 Å². The highest BCUT2D eigenvalue weighted by Crippen LogP contribution is 2.41. The minimum atomic E-state index is -4.47. The number of carbonyl (C=O) groups is 1. The minimum Gasteiger partial charge on any atom is -0.379 e. The van der Waals surface area contributed by atoms with E-state index >= 15 is 0 Å². The maximum atomic E-state index is 12.8. The summed E-state index contributed by atoms with van der Waals surface area (Å²) in [4.78, 5) is 17.3. The van der Waals surface area contributed by atoms with Crippen molar-refractivity contribution in [2.75, 3.05) is 25.1 Å². The number of hydrogen-bond acceptors (Lipinski definition) is 4. The third-order valence-electron chi connectivity index (χ3n) is 5.26. The lowest BCUT2D eigenvalue weighted by molar-refractivity contribution is -0.137. The average Bonchev–Trinajstić information content (AvgIpc) is 2.94. The normalized spacial score (nSPS) is 28.8. The minimum absolute atomic E-state index is 0.000162. The van der Waals surface area contributed by atoms with Crippen LogP contribution in [0.1, 0.15) is 25.3 Å². The van der Waals surface area contributed by atoms with Crippen LogP contribution in [0.3, 0.4) is 0 Å². The SMILES string of the molecule is CO[C@@H]1C[C@H]2CN(c3ncc(C(F)(F)F)cc3Cl)C[C@H]2C[C@H]1NC(C)=O. The van der Waals surface area contributed by atoms with Gasteiger partial charge >= 0.3 is 6.18 Å². The average molecular weight is 392 g/mol. The highest BCUT2D eigenvalue weighted by molar-refractivity contribution is 6.33. The number of rotatable bonds is 3. The molecule has 0 spiro atoms. The topological polar surface area (TPSA) is 54.5 Å². The molecule has 0 unspecified atom stereocenters. The predicted molar refractivity (Wildman–Crippen MR) is 91.1 cm³/mol. The van der Waals surface area contributed by atoms with Crippen molar-refractivity contribution in [2.24, 2.45) is 11.8 Å². The molecule has 2 aliphatic rings. The number of hydrogen-bond donors (Lipinski definition) is 1. The predicted octanol–water partition coefficient (Wildman–Crippen LogP) is 3.12. The van der Waals surface area contributed by atoms with Crippen LogP contribution < -0.4 is 10.2 Å². The van der Waals surface area contributed by atoms with E-state index in [1.807, 2.05) is 4.90 Å². The van der Waals surface area contributed by atoms with Gasteiger partial charge in [0.15, 0.2) is 0 Å². The summed E-state index contributed by atoms with van der Waals surface area (Å²) < 4.78 is 43.9. The summed E-state index contributed by atoms with van der Waals surface area (Å²) in [6.45, 7) is 2.79. The number of alkyl halides is 3. The molecule has 2 heterocycles. The van der Waals surface area contributed by atoms with Crippen LogP contribution in [0.5, 0.6) is 0 Å². The lowest BCUT2D eigenvalue weighted by Crippen LogP contribution is -2.49. The van der Waals surface area contributed by atoms with E-state index in [0.717, 1.165) is 25.1 Å². The summed E-state index contributed by atoms with van der Waals surface area (Å²) in [7, 11) is 1.63. The largest absolute Gasteiger partial charge is 0.417 e. The number of nitrogens with one attached hydrogen (secondary N) is 1. The highest BCUT2D eigenvalue weighted by Gasteiger charge is 2.43. The molecule has 0 radical (unpaired) electrons. The first-order valence-electron chi connectivity index (χ1n) is 8.46. The molecule has 1 amide bonds. The van der Waals surface area contributed by atoms with Gasteiger partial charge in [-0.3, -0.25) is 4.79 Å². The van der Waals surface area contributed by atoms with Crippen LogP contribution in [-0.4, -0.2) is 43.2 Å². The van der Waals surface area contributed by atoms with Gasteiger partial charge in [-0.2, -0.15) is 13.2 Å². The van der Waals surface area contributed by atoms with Gasteiger partial charge in [0.25, 0.3) is 0 Å². The Morgan fingerprint density at radius 2 is 2.00 bits per heavy atom. The third kappa shape index (κ3) is 3.91. The molecule has 2 fully saturated rings. The van der Waals surface area contributed by atoms with Crippen molar-refractivity contribution in [3.8, 4) is 0 Å². The number of nitrogens with zero attached hydrogens (tertiary/aromatic N) is 2. The summed E-state index contributed by atoms with van der Waals surface area (Å²) in [5.74, 6) is 0.903. The Morgan fingerprint density at radius 3 is 2.54 bits per heavy atom. The molecule has 3 rings (SSSR count). The van der Waals surface area contributed by atoms with Crippen molar-refractivity contribution in [2.45, 2.75) is 38.1 Å². The van der Waals surface area contributed by atoms with Crippen molar-refractivity contribution in [1.82, 2.24) is 10.3 Å². The van der Waals surface area contributed by atoms with Gasteiger partial charge in [-0.15, -0.1) is 0 Å². The van der Waals surface area contributed by atoms with Crippen LogP contribution >= 0.6 is 11.6 Å². The van der Waals surface area contributed by atoms with E-state index in [-0.39, 0.29) is 23.1 Å². The number of fused-ring (bicyclic) bond motifs is 1. The number of aromatic nitrogens is 1. The van der Waals surface area contributed by atoms with Gasteiger partial charge in [-0.25, -0.2) is 4.98 Å². The van der Waals surface area contributed by atoms with Crippen LogP contribution in [0.2, 0.25) is 5.02 Å². The van der Waals surface area contributed by atoms with Gasteiger partial charge in [0.1, 0.15) is 5.82 Å². The number of anilines is 1. The summed E-state index contributed by atoms with van der Waals surface area (Å²) in [5, 5.41) is 2.94. The molecule has 1 saturated carbocycles. The maximum absolute atomic E-state index is 12.8. The number of ether oxygens (including phenoxy) is 1. The second-order valence-corrected chi connectivity index (χ2v) is 7.41. The second-order valence-electron chi connectivity index (χ2n) is 7.00. The quantitative estimate of drug-likeness (QED) is 0.860. The highest BCUT2D eigenvalue weighted by atomic mass is 35.5. The summed E-state index contributed by atoms with van der Waals surface area (Å²) >= 11 is 6.08. The van der Waals surface area contributed by atoms with E-state index < -0.39 is 11.7 Å². The Bertz CT molecular complexity index is 686. The molecule has 0 aromatic carbocycles. The van der Waals surface area contributed by atoms with Gasteiger partial charge in [0, 0.05) is 33.3 Å². The zero-order valence-electron chi connectivity index (χ0n) is 14.5. The molecule has 26 heavy (non-hydrogen) atoms. The molecule has 144 valence electrons. The fraction of sp³-hybridized carbons (Fsp3) is 0.647. The van der Waals surface area contributed by atoms with Crippen molar-refractivity contribution >= 4 is 23.3 Å². The second kappa shape index (κ2) is 7.23. The van der Waals surface area contributed by atoms with Crippen LogP contribution in [0.4, 0.5) is 19.0 Å². The Hall–Kier alpha value is -1.54. The lowest BCUT2D eigenvalue weighted by atomic mass is 9.77. The number of methoxy groups -OCH3 is 1. The van der Waals surface area contributed by atoms with E-state index in [1.54, 1.807) is 7.11 Å². The van der Waals surface area contributed by atoms with Crippen molar-refractivity contribution < 1.29 is 22.7 Å². The Labute approximate surface area is 154 Å². The van der Waals surface area contributed by atoms with Crippen molar-refractivity contribution in [3.05, 3.63) is 22.8 Å². The molecule has 0 bridgehead atoms. The van der Waals surface area contributed by atoms with Gasteiger partial charge in [0.2, 0.25) is 5.91 Å². The molecule has 4 atom stereocenters. The molecule has 1 aromatic rings. The standard InChI is InChI=1S/C17H21ClF3N3O2/c1-9(25)23-14-3-10-7-24(8-11(10)4-15(14)26-2)16-13(18)5-12(6-22-16)17(19,20)21/h5-6,10-11,14-15H,3-4,7-8H2,1-2H3,(H,23,25)/t10-,11+,14-,15-/m1/s1. The Balaban J connectivity index is 1.75. The smallest absolute Gasteiger partial charge is 0.379 e. The zero-order valence-corrected chi connectivity index (χ0v) is 15.3. The number of amides is 1. The Morgan fingerprint density at radius 1 is 1.35 bits per heavy atom. The summed E-state index contributed by atoms with van der Waals surface area (Å²) in [6.07, 6.45) is -2.18. The molecule has 9 heteroatoms. The van der Waals surface area contributed by atoms with Gasteiger partial charge in [-0.05, 0) is 30.7 Å². The van der Waals surface area contributed by atoms with E-state index in [0.29, 0.717) is 30.7 Å². The number of carbonyl (C=O) groups excluding carboxylic acids is 1. The Kier molecular flexibility index (Phi) is 5.35. The lowest BCUT2D eigenvalue weighted by Gasteiger charge is -2.37. The first-order valence-corrected chi connectivity index (χ1v) is 8.84. The van der Waals surface area contributed by atoms with Gasteiger partial charge in [0.05, 0.1) is 22.7 Å². The van der Waals surface area contributed by atoms with E-state index in [2.05, 4.69) is 10.3 Å². The van der Waals surface area contributed by atoms with Crippen LogP contribution in [0, 0.1) is 11.8 Å². The summed E-state index contributed by atoms with van der Waals surface area (Å²) in [6, 6.07) is 0.860. The fourth-order valence-corrected chi connectivity index (χ4v) is 4.36. The van der Waals surface area contributed by atoms with Crippen molar-refractivity contribution in [1.29, 1.82) is 0 Å². The molecule has 1 aliphatic carbocycles. The fourth-order valence-electron chi connectivity index (χ4n) is 4.08. The van der Waals surface area contributed by atoms with E-state index in [9.17, 15) is 18.0 Å². The molecular weight excluding hydrogens is 371 g/mol. The maximum Gasteiger partial charge on any atom is 0.417 e. The van der Waals surface area contributed by atoms with E-state index in [4.69, 9.17) is 16.3 Å². The number of halogens is 4. The van der Waals surface area contributed by atoms with Crippen LogP contribution in [-0.2, 0) is 15.7 Å². The van der Waals surface area contributed by atoms with Crippen LogP contribution in [0.15, 0.2) is 12.3 Å².